The third kappa shape index (κ3) is 3.23. The number of hydrogen-bond acceptors (Lipinski definition) is 3. The molecule has 0 aliphatic carbocycles. The molecular formula is C15H17FN2O2. The fraction of sp³-hybridized carbons (Fsp3) is 0.333. The number of amides is 1. The van der Waals surface area contributed by atoms with Gasteiger partial charge in [0.15, 0.2) is 0 Å². The van der Waals surface area contributed by atoms with Crippen molar-refractivity contribution in [2.45, 2.75) is 33.6 Å². The maximum Gasteiger partial charge on any atom is 0.224 e. The molecule has 0 aliphatic heterocycles. The van der Waals surface area contributed by atoms with E-state index in [2.05, 4.69) is 10.5 Å². The molecule has 0 radical (unpaired) electrons. The predicted octanol–water partition coefficient (Wildman–Crippen LogP) is 3.31. The maximum atomic E-state index is 13.0. The number of hydrogen-bond donors (Lipinski definition) is 1. The molecule has 1 aromatic heterocycles. The van der Waals surface area contributed by atoms with Crippen LogP contribution >= 0.6 is 0 Å². The Bertz CT molecular complexity index is 615. The summed E-state index contributed by atoms with van der Waals surface area (Å²) in [6.07, 6.45) is 0.910. The summed E-state index contributed by atoms with van der Waals surface area (Å²) in [5.41, 5.74) is 3.12. The second-order valence-corrected chi connectivity index (χ2v) is 4.81. The molecule has 0 unspecified atom stereocenters. The number of anilines is 1. The zero-order chi connectivity index (χ0) is 14.7. The molecule has 2 rings (SSSR count). The Balaban J connectivity index is 1.96. The predicted molar refractivity (Wildman–Crippen MR) is 74.1 cm³/mol. The smallest absolute Gasteiger partial charge is 0.224 e. The summed E-state index contributed by atoms with van der Waals surface area (Å²) in [6.45, 7) is 5.44. The van der Waals surface area contributed by atoms with Crippen molar-refractivity contribution >= 4 is 11.6 Å². The fourth-order valence-corrected chi connectivity index (χ4v) is 2.08. The van der Waals surface area contributed by atoms with Crippen molar-refractivity contribution < 1.29 is 13.7 Å². The van der Waals surface area contributed by atoms with Crippen molar-refractivity contribution in [1.29, 1.82) is 0 Å². The lowest BCUT2D eigenvalue weighted by Gasteiger charge is -2.08. The van der Waals surface area contributed by atoms with E-state index in [9.17, 15) is 9.18 Å². The largest absolute Gasteiger partial charge is 0.361 e. The number of nitrogens with one attached hydrogen (secondary N) is 1. The van der Waals surface area contributed by atoms with Crippen LogP contribution in [-0.4, -0.2) is 11.1 Å². The summed E-state index contributed by atoms with van der Waals surface area (Å²) in [6, 6.07) is 4.29. The van der Waals surface area contributed by atoms with Crippen LogP contribution in [0, 0.1) is 26.6 Å². The van der Waals surface area contributed by atoms with E-state index in [1.54, 1.807) is 13.0 Å². The van der Waals surface area contributed by atoms with Crippen molar-refractivity contribution in [2.75, 3.05) is 5.32 Å². The van der Waals surface area contributed by atoms with E-state index in [1.807, 2.05) is 13.8 Å². The highest BCUT2D eigenvalue weighted by atomic mass is 19.1. The van der Waals surface area contributed by atoms with Gasteiger partial charge in [-0.25, -0.2) is 4.39 Å². The first kappa shape index (κ1) is 14.2. The molecule has 1 heterocycles. The molecule has 106 valence electrons. The Hall–Kier alpha value is -2.17. The van der Waals surface area contributed by atoms with E-state index in [1.165, 1.54) is 12.1 Å². The molecule has 0 aliphatic rings. The molecule has 4 nitrogen and oxygen atoms in total. The van der Waals surface area contributed by atoms with E-state index in [0.717, 1.165) is 17.0 Å². The molecule has 0 bridgehead atoms. The lowest BCUT2D eigenvalue weighted by Crippen LogP contribution is -2.13. The van der Waals surface area contributed by atoms with Crippen molar-refractivity contribution in [1.82, 2.24) is 5.16 Å². The number of halogens is 1. The van der Waals surface area contributed by atoms with Crippen LogP contribution < -0.4 is 5.32 Å². The average molecular weight is 276 g/mol. The Morgan fingerprint density at radius 3 is 2.70 bits per heavy atom. The number of aromatic nitrogens is 1. The molecular weight excluding hydrogens is 259 g/mol. The zero-order valence-corrected chi connectivity index (χ0v) is 11.8. The minimum atomic E-state index is -0.309. The molecule has 1 amide bonds. The summed E-state index contributed by atoms with van der Waals surface area (Å²) in [4.78, 5) is 11.9. The number of carbonyl (C=O) groups excluding carboxylic acids is 1. The van der Waals surface area contributed by atoms with Gasteiger partial charge in [0.1, 0.15) is 11.6 Å². The molecule has 5 heteroatoms. The Labute approximate surface area is 117 Å². The quantitative estimate of drug-likeness (QED) is 0.932. The van der Waals surface area contributed by atoms with Gasteiger partial charge in [-0.05, 0) is 51.0 Å². The number of aryl methyl sites for hydroxylation is 3. The van der Waals surface area contributed by atoms with Gasteiger partial charge in [0, 0.05) is 17.7 Å². The Kier molecular flexibility index (Phi) is 4.17. The van der Waals surface area contributed by atoms with Crippen LogP contribution in [0.25, 0.3) is 0 Å². The van der Waals surface area contributed by atoms with E-state index >= 15 is 0 Å². The first-order valence-corrected chi connectivity index (χ1v) is 6.45. The van der Waals surface area contributed by atoms with Crippen LogP contribution in [0.2, 0.25) is 0 Å². The average Bonchev–Trinajstić information content (AvgIpc) is 2.70. The van der Waals surface area contributed by atoms with Gasteiger partial charge >= 0.3 is 0 Å². The van der Waals surface area contributed by atoms with E-state index in [0.29, 0.717) is 24.1 Å². The molecule has 20 heavy (non-hydrogen) atoms. The number of nitrogens with zero attached hydrogens (tertiary/aromatic N) is 1. The number of carbonyl (C=O) groups is 1. The van der Waals surface area contributed by atoms with Crippen LogP contribution in [0.3, 0.4) is 0 Å². The highest BCUT2D eigenvalue weighted by molar-refractivity contribution is 5.91. The Morgan fingerprint density at radius 2 is 2.10 bits per heavy atom. The van der Waals surface area contributed by atoms with Gasteiger partial charge in [0.25, 0.3) is 0 Å². The van der Waals surface area contributed by atoms with E-state index in [4.69, 9.17) is 4.52 Å². The normalized spacial score (nSPS) is 10.6. The van der Waals surface area contributed by atoms with Crippen LogP contribution in [0.15, 0.2) is 22.7 Å². The molecule has 1 aromatic carbocycles. The minimum Gasteiger partial charge on any atom is -0.361 e. The van der Waals surface area contributed by atoms with Gasteiger partial charge in [-0.3, -0.25) is 4.79 Å². The van der Waals surface area contributed by atoms with Crippen molar-refractivity contribution in [3.63, 3.8) is 0 Å². The first-order valence-electron chi connectivity index (χ1n) is 6.45. The molecule has 0 spiro atoms. The summed E-state index contributed by atoms with van der Waals surface area (Å²) in [5.74, 6) is 0.323. The Morgan fingerprint density at radius 1 is 1.35 bits per heavy atom. The van der Waals surface area contributed by atoms with Crippen LogP contribution in [-0.2, 0) is 11.2 Å². The van der Waals surface area contributed by atoms with E-state index < -0.39 is 0 Å². The van der Waals surface area contributed by atoms with Gasteiger partial charge in [-0.2, -0.15) is 0 Å². The summed E-state index contributed by atoms with van der Waals surface area (Å²) in [7, 11) is 0. The second-order valence-electron chi connectivity index (χ2n) is 4.81. The molecule has 2 aromatic rings. The van der Waals surface area contributed by atoms with Crippen LogP contribution in [0.4, 0.5) is 10.1 Å². The van der Waals surface area contributed by atoms with Gasteiger partial charge in [0.05, 0.1) is 5.69 Å². The second kappa shape index (κ2) is 5.86. The summed E-state index contributed by atoms with van der Waals surface area (Å²) < 4.78 is 18.0. The van der Waals surface area contributed by atoms with Crippen LogP contribution in [0.1, 0.15) is 29.0 Å². The van der Waals surface area contributed by atoms with Gasteiger partial charge in [-0.15, -0.1) is 0 Å². The topological polar surface area (TPSA) is 55.1 Å². The first-order chi connectivity index (χ1) is 9.47. The summed E-state index contributed by atoms with van der Waals surface area (Å²) in [5, 5.41) is 6.64. The molecule has 0 saturated heterocycles. The van der Waals surface area contributed by atoms with Gasteiger partial charge in [0.2, 0.25) is 5.91 Å². The third-order valence-corrected chi connectivity index (χ3v) is 3.25. The molecule has 1 N–H and O–H groups in total. The van der Waals surface area contributed by atoms with Gasteiger partial charge in [-0.1, -0.05) is 5.16 Å². The highest BCUT2D eigenvalue weighted by Crippen LogP contribution is 2.17. The highest BCUT2D eigenvalue weighted by Gasteiger charge is 2.12. The summed E-state index contributed by atoms with van der Waals surface area (Å²) >= 11 is 0. The molecule has 0 fully saturated rings. The minimum absolute atomic E-state index is 0.111. The van der Waals surface area contributed by atoms with Gasteiger partial charge < -0.3 is 9.84 Å². The van der Waals surface area contributed by atoms with Crippen molar-refractivity contribution in [2.24, 2.45) is 0 Å². The van der Waals surface area contributed by atoms with Crippen molar-refractivity contribution in [3.05, 3.63) is 46.6 Å². The lowest BCUT2D eigenvalue weighted by molar-refractivity contribution is -0.116. The number of rotatable bonds is 4. The maximum absolute atomic E-state index is 13.0. The van der Waals surface area contributed by atoms with Crippen molar-refractivity contribution in [3.8, 4) is 0 Å². The third-order valence-electron chi connectivity index (χ3n) is 3.25. The molecule has 0 saturated carbocycles. The lowest BCUT2D eigenvalue weighted by atomic mass is 10.1. The molecule has 0 atom stereocenters. The standard InChI is InChI=1S/C15H17FN2O2/c1-9-8-12(16)4-6-14(9)17-15(19)7-5-13-10(2)18-20-11(13)3/h4,6,8H,5,7H2,1-3H3,(H,17,19). The van der Waals surface area contributed by atoms with E-state index in [-0.39, 0.29) is 11.7 Å². The SMILES string of the molecule is Cc1cc(F)ccc1NC(=O)CCc1c(C)noc1C. The van der Waals surface area contributed by atoms with Crippen LogP contribution in [0.5, 0.6) is 0 Å². The number of benzene rings is 1. The monoisotopic (exact) mass is 276 g/mol. The fourth-order valence-electron chi connectivity index (χ4n) is 2.08. The zero-order valence-electron chi connectivity index (χ0n) is 11.8.